The summed E-state index contributed by atoms with van der Waals surface area (Å²) in [6.07, 6.45) is 52.2. The highest BCUT2D eigenvalue weighted by molar-refractivity contribution is 5.71. The Morgan fingerprint density at radius 2 is 0.603 bits per heavy atom. The Morgan fingerprint density at radius 1 is 0.333 bits per heavy atom. The molecule has 0 fully saturated rings. The predicted molar refractivity (Wildman–Crippen MR) is 270 cm³/mol. The molecular formula is C57H110O6. The van der Waals surface area contributed by atoms with Crippen LogP contribution in [0.4, 0.5) is 0 Å². The van der Waals surface area contributed by atoms with Gasteiger partial charge in [0.25, 0.3) is 0 Å². The van der Waals surface area contributed by atoms with Crippen LogP contribution in [0.5, 0.6) is 0 Å². The zero-order chi connectivity index (χ0) is 46.1. The fourth-order valence-electron chi connectivity index (χ4n) is 8.66. The standard InChI is InChI=1S/C57H110O6/c1-6-8-9-10-11-12-13-22-27-32-37-42-47-55(58)61-50-54(63-57(60)49-44-39-34-29-24-19-18-20-25-30-35-40-45-52(3)4)51-62-56(59)48-43-38-33-28-23-17-15-14-16-21-26-31-36-41-46-53(5)7-2/h52-54H,6-51H2,1-5H3/t53?,54-/m1/s1. The lowest BCUT2D eigenvalue weighted by molar-refractivity contribution is -0.167. The third-order valence-electron chi connectivity index (χ3n) is 13.3. The molecule has 0 aromatic carbocycles. The van der Waals surface area contributed by atoms with Crippen molar-refractivity contribution in [2.24, 2.45) is 11.8 Å². The second-order valence-electron chi connectivity index (χ2n) is 20.3. The molecule has 0 N–H and O–H groups in total. The van der Waals surface area contributed by atoms with Gasteiger partial charge in [0.15, 0.2) is 6.10 Å². The zero-order valence-electron chi connectivity index (χ0n) is 43.2. The van der Waals surface area contributed by atoms with Crippen molar-refractivity contribution in [2.45, 2.75) is 323 Å². The van der Waals surface area contributed by atoms with Crippen LogP contribution in [-0.4, -0.2) is 37.2 Å². The van der Waals surface area contributed by atoms with Crippen molar-refractivity contribution < 1.29 is 28.6 Å². The maximum atomic E-state index is 12.8. The molecule has 0 aromatic heterocycles. The van der Waals surface area contributed by atoms with E-state index in [0.29, 0.717) is 19.3 Å². The van der Waals surface area contributed by atoms with E-state index in [1.165, 1.54) is 205 Å². The summed E-state index contributed by atoms with van der Waals surface area (Å²) >= 11 is 0. The van der Waals surface area contributed by atoms with Gasteiger partial charge < -0.3 is 14.2 Å². The van der Waals surface area contributed by atoms with Gasteiger partial charge in [0.05, 0.1) is 0 Å². The minimum absolute atomic E-state index is 0.0629. The van der Waals surface area contributed by atoms with Gasteiger partial charge in [0.1, 0.15) is 13.2 Å². The van der Waals surface area contributed by atoms with Crippen molar-refractivity contribution in [2.75, 3.05) is 13.2 Å². The lowest BCUT2D eigenvalue weighted by Gasteiger charge is -2.18. The van der Waals surface area contributed by atoms with E-state index in [2.05, 4.69) is 34.6 Å². The van der Waals surface area contributed by atoms with Crippen LogP contribution in [0, 0.1) is 11.8 Å². The van der Waals surface area contributed by atoms with E-state index in [1.807, 2.05) is 0 Å². The lowest BCUT2D eigenvalue weighted by atomic mass is 9.99. The van der Waals surface area contributed by atoms with Crippen molar-refractivity contribution >= 4 is 17.9 Å². The molecule has 0 aromatic rings. The van der Waals surface area contributed by atoms with E-state index in [0.717, 1.165) is 69.6 Å². The van der Waals surface area contributed by atoms with Crippen LogP contribution in [0.15, 0.2) is 0 Å². The maximum absolute atomic E-state index is 12.8. The quantitative estimate of drug-likeness (QED) is 0.0344. The van der Waals surface area contributed by atoms with Gasteiger partial charge >= 0.3 is 17.9 Å². The number of hydrogen-bond donors (Lipinski definition) is 0. The van der Waals surface area contributed by atoms with Gasteiger partial charge in [-0.2, -0.15) is 0 Å². The summed E-state index contributed by atoms with van der Waals surface area (Å²) in [5, 5.41) is 0. The van der Waals surface area contributed by atoms with Gasteiger partial charge in [-0.05, 0) is 31.1 Å². The Balaban J connectivity index is 4.28. The highest BCUT2D eigenvalue weighted by Gasteiger charge is 2.19. The van der Waals surface area contributed by atoms with Crippen molar-refractivity contribution in [1.29, 1.82) is 0 Å². The molecule has 2 atom stereocenters. The maximum Gasteiger partial charge on any atom is 0.306 e. The number of carbonyl (C=O) groups is 3. The first-order chi connectivity index (χ1) is 30.8. The predicted octanol–water partition coefficient (Wildman–Crippen LogP) is 18.5. The molecule has 0 aliphatic rings. The summed E-state index contributed by atoms with van der Waals surface area (Å²) < 4.78 is 16.9. The molecule has 0 saturated heterocycles. The lowest BCUT2D eigenvalue weighted by Crippen LogP contribution is -2.30. The first kappa shape index (κ1) is 61.4. The van der Waals surface area contributed by atoms with Crippen LogP contribution in [0.25, 0.3) is 0 Å². The molecule has 1 unspecified atom stereocenters. The fourth-order valence-corrected chi connectivity index (χ4v) is 8.66. The summed E-state index contributed by atoms with van der Waals surface area (Å²) in [6.45, 7) is 11.4. The van der Waals surface area contributed by atoms with Gasteiger partial charge in [0.2, 0.25) is 0 Å². The topological polar surface area (TPSA) is 78.9 Å². The molecule has 0 bridgehead atoms. The molecule has 374 valence electrons. The fraction of sp³-hybridized carbons (Fsp3) is 0.947. The van der Waals surface area contributed by atoms with Crippen LogP contribution < -0.4 is 0 Å². The van der Waals surface area contributed by atoms with Gasteiger partial charge in [-0.15, -0.1) is 0 Å². The van der Waals surface area contributed by atoms with E-state index >= 15 is 0 Å². The second kappa shape index (κ2) is 49.8. The van der Waals surface area contributed by atoms with Gasteiger partial charge in [-0.1, -0.05) is 279 Å². The smallest absolute Gasteiger partial charge is 0.306 e. The van der Waals surface area contributed by atoms with Crippen molar-refractivity contribution in [1.82, 2.24) is 0 Å². The molecule has 0 saturated carbocycles. The van der Waals surface area contributed by atoms with E-state index in [-0.39, 0.29) is 31.1 Å². The van der Waals surface area contributed by atoms with E-state index in [9.17, 15) is 14.4 Å². The highest BCUT2D eigenvalue weighted by atomic mass is 16.6. The third-order valence-corrected chi connectivity index (χ3v) is 13.3. The summed E-state index contributed by atoms with van der Waals surface area (Å²) in [4.78, 5) is 38.1. The SMILES string of the molecule is CCCCCCCCCCCCCCC(=O)OC[C@H](COC(=O)CCCCCCCCCCCCCCCCC(C)CC)OC(=O)CCCCCCCCCCCCCCC(C)C. The number of hydrogen-bond acceptors (Lipinski definition) is 6. The molecule has 6 heteroatoms. The highest BCUT2D eigenvalue weighted by Crippen LogP contribution is 2.18. The van der Waals surface area contributed by atoms with Crippen molar-refractivity contribution in [3.05, 3.63) is 0 Å². The summed E-state index contributed by atoms with van der Waals surface area (Å²) in [5.74, 6) is 0.887. The van der Waals surface area contributed by atoms with Crippen LogP contribution in [0.1, 0.15) is 317 Å². The first-order valence-electron chi connectivity index (χ1n) is 28.3. The Morgan fingerprint density at radius 3 is 0.905 bits per heavy atom. The summed E-state index contributed by atoms with van der Waals surface area (Å²) in [7, 11) is 0. The van der Waals surface area contributed by atoms with Crippen LogP contribution in [-0.2, 0) is 28.6 Å². The first-order valence-corrected chi connectivity index (χ1v) is 28.3. The van der Waals surface area contributed by atoms with Crippen molar-refractivity contribution in [3.63, 3.8) is 0 Å². The molecule has 0 spiro atoms. The molecule has 0 rings (SSSR count). The molecule has 0 aliphatic carbocycles. The Kier molecular flexibility index (Phi) is 48.6. The second-order valence-corrected chi connectivity index (χ2v) is 20.3. The minimum Gasteiger partial charge on any atom is -0.462 e. The average Bonchev–Trinajstić information content (AvgIpc) is 3.27. The summed E-state index contributed by atoms with van der Waals surface area (Å²) in [6, 6.07) is 0. The molecule has 0 radical (unpaired) electrons. The third kappa shape index (κ3) is 49.7. The molecular weight excluding hydrogens is 781 g/mol. The number of ether oxygens (including phenoxy) is 3. The van der Waals surface area contributed by atoms with Gasteiger partial charge in [0, 0.05) is 19.3 Å². The number of unbranched alkanes of at least 4 members (excludes halogenated alkanes) is 35. The largest absolute Gasteiger partial charge is 0.462 e. The van der Waals surface area contributed by atoms with Crippen LogP contribution in [0.2, 0.25) is 0 Å². The van der Waals surface area contributed by atoms with E-state index < -0.39 is 6.10 Å². The zero-order valence-corrected chi connectivity index (χ0v) is 43.2. The van der Waals surface area contributed by atoms with Gasteiger partial charge in [-0.3, -0.25) is 14.4 Å². The van der Waals surface area contributed by atoms with Crippen LogP contribution >= 0.6 is 0 Å². The number of rotatable bonds is 51. The minimum atomic E-state index is -0.762. The van der Waals surface area contributed by atoms with E-state index in [4.69, 9.17) is 14.2 Å². The Bertz CT molecular complexity index is 964. The van der Waals surface area contributed by atoms with Crippen LogP contribution in [0.3, 0.4) is 0 Å². The monoisotopic (exact) mass is 891 g/mol. The number of carbonyl (C=O) groups excluding carboxylic acids is 3. The molecule has 6 nitrogen and oxygen atoms in total. The van der Waals surface area contributed by atoms with E-state index in [1.54, 1.807) is 0 Å². The molecule has 0 aliphatic heterocycles. The average molecular weight is 892 g/mol. The van der Waals surface area contributed by atoms with Gasteiger partial charge in [-0.25, -0.2) is 0 Å². The molecule has 63 heavy (non-hydrogen) atoms. The van der Waals surface area contributed by atoms with Crippen molar-refractivity contribution in [3.8, 4) is 0 Å². The molecule has 0 amide bonds. The summed E-state index contributed by atoms with van der Waals surface area (Å²) in [5.41, 5.74) is 0. The molecule has 0 heterocycles. The normalized spacial score (nSPS) is 12.5. The Hall–Kier alpha value is -1.59. The number of esters is 3. The Labute approximate surface area is 393 Å².